The van der Waals surface area contributed by atoms with Crippen LogP contribution in [-0.4, -0.2) is 24.3 Å². The van der Waals surface area contributed by atoms with Crippen LogP contribution in [0.5, 0.6) is 0 Å². The first-order valence-corrected chi connectivity index (χ1v) is 4.88. The summed E-state index contributed by atoms with van der Waals surface area (Å²) in [7, 11) is 0. The van der Waals surface area contributed by atoms with E-state index in [1.165, 1.54) is 0 Å². The van der Waals surface area contributed by atoms with Crippen LogP contribution in [0.4, 0.5) is 5.69 Å². The van der Waals surface area contributed by atoms with E-state index in [2.05, 4.69) is 0 Å². The molecule has 82 valence electrons. The highest BCUT2D eigenvalue weighted by Crippen LogP contribution is 2.11. The molecule has 0 aliphatic heterocycles. The van der Waals surface area contributed by atoms with Crippen molar-refractivity contribution in [1.29, 1.82) is 0 Å². The molecular weight excluding hydrogens is 194 g/mol. The molecule has 3 N–H and O–H groups in total. The predicted molar refractivity (Wildman–Crippen MR) is 57.5 cm³/mol. The van der Waals surface area contributed by atoms with Gasteiger partial charge in [-0.25, -0.2) is 4.79 Å². The molecule has 0 saturated heterocycles. The SMILES string of the molecule is Nc1ccccc1C(=O)OCCCCO. The summed E-state index contributed by atoms with van der Waals surface area (Å²) in [4.78, 5) is 11.5. The van der Waals surface area contributed by atoms with E-state index in [0.717, 1.165) is 0 Å². The van der Waals surface area contributed by atoms with Gasteiger partial charge in [-0.3, -0.25) is 0 Å². The van der Waals surface area contributed by atoms with E-state index < -0.39 is 5.97 Å². The minimum absolute atomic E-state index is 0.116. The zero-order valence-electron chi connectivity index (χ0n) is 8.48. The third-order valence-corrected chi connectivity index (χ3v) is 1.97. The molecule has 0 fully saturated rings. The van der Waals surface area contributed by atoms with Crippen molar-refractivity contribution < 1.29 is 14.6 Å². The number of aliphatic hydroxyl groups excluding tert-OH is 1. The van der Waals surface area contributed by atoms with Gasteiger partial charge >= 0.3 is 5.97 Å². The van der Waals surface area contributed by atoms with E-state index >= 15 is 0 Å². The van der Waals surface area contributed by atoms with Gasteiger partial charge in [-0.2, -0.15) is 0 Å². The Morgan fingerprint density at radius 1 is 1.33 bits per heavy atom. The van der Waals surface area contributed by atoms with Crippen molar-refractivity contribution in [3.8, 4) is 0 Å². The van der Waals surface area contributed by atoms with Crippen LogP contribution < -0.4 is 5.73 Å². The minimum Gasteiger partial charge on any atom is -0.462 e. The lowest BCUT2D eigenvalue weighted by atomic mass is 10.2. The van der Waals surface area contributed by atoms with Gasteiger partial charge in [0.05, 0.1) is 12.2 Å². The number of carbonyl (C=O) groups is 1. The summed E-state index contributed by atoms with van der Waals surface area (Å²) in [5, 5.41) is 8.53. The van der Waals surface area contributed by atoms with Crippen molar-refractivity contribution in [2.75, 3.05) is 18.9 Å². The van der Waals surface area contributed by atoms with Crippen molar-refractivity contribution >= 4 is 11.7 Å². The lowest BCUT2D eigenvalue weighted by molar-refractivity contribution is 0.0494. The second kappa shape index (κ2) is 6.03. The summed E-state index contributed by atoms with van der Waals surface area (Å²) in [5.74, 6) is -0.411. The highest BCUT2D eigenvalue weighted by atomic mass is 16.5. The Morgan fingerprint density at radius 2 is 2.07 bits per heavy atom. The first-order valence-electron chi connectivity index (χ1n) is 4.88. The van der Waals surface area contributed by atoms with Gasteiger partial charge in [-0.05, 0) is 25.0 Å². The third kappa shape index (κ3) is 3.59. The van der Waals surface area contributed by atoms with Gasteiger partial charge in [0, 0.05) is 12.3 Å². The third-order valence-electron chi connectivity index (χ3n) is 1.97. The molecule has 0 unspecified atom stereocenters. The van der Waals surface area contributed by atoms with Crippen LogP contribution in [0.2, 0.25) is 0 Å². The summed E-state index contributed by atoms with van der Waals surface area (Å²) in [6.45, 7) is 0.429. The van der Waals surface area contributed by atoms with Crippen LogP contribution in [0.1, 0.15) is 23.2 Å². The van der Waals surface area contributed by atoms with Crippen molar-refractivity contribution in [1.82, 2.24) is 0 Å². The maximum atomic E-state index is 11.5. The molecule has 0 saturated carbocycles. The number of benzene rings is 1. The highest BCUT2D eigenvalue weighted by Gasteiger charge is 2.09. The zero-order valence-corrected chi connectivity index (χ0v) is 8.48. The van der Waals surface area contributed by atoms with Gasteiger partial charge in [-0.15, -0.1) is 0 Å². The Bertz CT molecular complexity index is 325. The Kier molecular flexibility index (Phi) is 4.63. The van der Waals surface area contributed by atoms with E-state index in [1.807, 2.05) is 0 Å². The van der Waals surface area contributed by atoms with Gasteiger partial charge in [-0.1, -0.05) is 12.1 Å². The van der Waals surface area contributed by atoms with E-state index in [9.17, 15) is 4.79 Å². The molecule has 0 aliphatic rings. The largest absolute Gasteiger partial charge is 0.462 e. The summed E-state index contributed by atoms with van der Waals surface area (Å²) >= 11 is 0. The number of rotatable bonds is 5. The summed E-state index contributed by atoms with van der Waals surface area (Å²) in [6, 6.07) is 6.78. The van der Waals surface area contributed by atoms with Crippen LogP contribution in [-0.2, 0) is 4.74 Å². The number of nitrogens with two attached hydrogens (primary N) is 1. The molecule has 0 bridgehead atoms. The molecule has 1 rings (SSSR count). The Morgan fingerprint density at radius 3 is 2.73 bits per heavy atom. The average Bonchev–Trinajstić information content (AvgIpc) is 2.25. The van der Waals surface area contributed by atoms with E-state index in [0.29, 0.717) is 30.7 Å². The maximum absolute atomic E-state index is 11.5. The van der Waals surface area contributed by atoms with E-state index in [1.54, 1.807) is 24.3 Å². The van der Waals surface area contributed by atoms with Gasteiger partial charge in [0.15, 0.2) is 0 Å². The fraction of sp³-hybridized carbons (Fsp3) is 0.364. The Hall–Kier alpha value is -1.55. The number of aliphatic hydroxyl groups is 1. The van der Waals surface area contributed by atoms with Gasteiger partial charge in [0.2, 0.25) is 0 Å². The van der Waals surface area contributed by atoms with E-state index in [-0.39, 0.29) is 6.61 Å². The molecule has 4 nitrogen and oxygen atoms in total. The number of carbonyl (C=O) groups excluding carboxylic acids is 1. The van der Waals surface area contributed by atoms with Gasteiger partial charge in [0.1, 0.15) is 0 Å². The summed E-state index contributed by atoms with van der Waals surface area (Å²) in [6.07, 6.45) is 1.30. The number of esters is 1. The molecule has 0 aliphatic carbocycles. The number of ether oxygens (including phenoxy) is 1. The zero-order chi connectivity index (χ0) is 11.1. The number of unbranched alkanes of at least 4 members (excludes halogenated alkanes) is 1. The topological polar surface area (TPSA) is 72.6 Å². The Labute approximate surface area is 88.7 Å². The maximum Gasteiger partial charge on any atom is 0.340 e. The normalized spacial score (nSPS) is 9.93. The van der Waals surface area contributed by atoms with E-state index in [4.69, 9.17) is 15.6 Å². The number of hydrogen-bond donors (Lipinski definition) is 2. The fourth-order valence-corrected chi connectivity index (χ4v) is 1.14. The molecule has 0 heterocycles. The standard InChI is InChI=1S/C11H15NO3/c12-10-6-2-1-5-9(10)11(14)15-8-4-3-7-13/h1-2,5-6,13H,3-4,7-8,12H2. The van der Waals surface area contributed by atoms with Gasteiger partial charge in [0.25, 0.3) is 0 Å². The molecule has 15 heavy (non-hydrogen) atoms. The second-order valence-corrected chi connectivity index (χ2v) is 3.15. The van der Waals surface area contributed by atoms with Gasteiger partial charge < -0.3 is 15.6 Å². The molecule has 0 aromatic heterocycles. The molecular formula is C11H15NO3. The number of nitrogen functional groups attached to an aromatic ring is 1. The monoisotopic (exact) mass is 209 g/mol. The average molecular weight is 209 g/mol. The van der Waals surface area contributed by atoms with Crippen LogP contribution in [0.15, 0.2) is 24.3 Å². The molecule has 0 atom stereocenters. The number of hydrogen-bond acceptors (Lipinski definition) is 4. The van der Waals surface area contributed by atoms with Crippen LogP contribution in [0.25, 0.3) is 0 Å². The highest BCUT2D eigenvalue weighted by molar-refractivity contribution is 5.94. The number of anilines is 1. The lowest BCUT2D eigenvalue weighted by Gasteiger charge is -2.05. The van der Waals surface area contributed by atoms with Crippen LogP contribution in [0, 0.1) is 0 Å². The molecule has 4 heteroatoms. The number of para-hydroxylation sites is 1. The molecule has 0 radical (unpaired) electrons. The van der Waals surface area contributed by atoms with Crippen LogP contribution in [0.3, 0.4) is 0 Å². The lowest BCUT2D eigenvalue weighted by Crippen LogP contribution is -2.09. The smallest absolute Gasteiger partial charge is 0.340 e. The first-order chi connectivity index (χ1) is 7.25. The molecule has 0 spiro atoms. The van der Waals surface area contributed by atoms with Crippen molar-refractivity contribution in [3.63, 3.8) is 0 Å². The molecule has 1 aromatic rings. The molecule has 1 aromatic carbocycles. The minimum atomic E-state index is -0.411. The first kappa shape index (κ1) is 11.5. The summed E-state index contributed by atoms with van der Waals surface area (Å²) < 4.78 is 4.98. The van der Waals surface area contributed by atoms with Crippen molar-refractivity contribution in [3.05, 3.63) is 29.8 Å². The van der Waals surface area contributed by atoms with Crippen LogP contribution >= 0.6 is 0 Å². The second-order valence-electron chi connectivity index (χ2n) is 3.15. The quantitative estimate of drug-likeness (QED) is 0.434. The van der Waals surface area contributed by atoms with Crippen molar-refractivity contribution in [2.24, 2.45) is 0 Å². The summed E-state index contributed by atoms with van der Waals surface area (Å²) in [5.41, 5.74) is 6.42. The molecule has 0 amide bonds. The fourth-order valence-electron chi connectivity index (χ4n) is 1.14. The predicted octanol–water partition coefficient (Wildman–Crippen LogP) is 1.20. The Balaban J connectivity index is 2.44. The van der Waals surface area contributed by atoms with Crippen molar-refractivity contribution in [2.45, 2.75) is 12.8 Å².